The Labute approximate surface area is 259 Å². The van der Waals surface area contributed by atoms with Gasteiger partial charge < -0.3 is 35.8 Å². The lowest BCUT2D eigenvalue weighted by molar-refractivity contribution is -0.123. The zero-order valence-electron chi connectivity index (χ0n) is 25.9. The van der Waals surface area contributed by atoms with Crippen molar-refractivity contribution in [3.05, 3.63) is 89.5 Å². The van der Waals surface area contributed by atoms with Crippen molar-refractivity contribution in [1.29, 1.82) is 0 Å². The van der Waals surface area contributed by atoms with Gasteiger partial charge in [0.25, 0.3) is 12.4 Å². The molecular formula is C34H44N4O6. The van der Waals surface area contributed by atoms with Crippen LogP contribution in [0.25, 0.3) is 0 Å². The fourth-order valence-electron chi connectivity index (χ4n) is 5.14. The maximum Gasteiger partial charge on any atom is 0.290 e. The molecule has 10 heteroatoms. The average molecular weight is 605 g/mol. The highest BCUT2D eigenvalue weighted by Crippen LogP contribution is 2.27. The van der Waals surface area contributed by atoms with Crippen LogP contribution >= 0.6 is 0 Å². The second kappa shape index (κ2) is 16.4. The first-order chi connectivity index (χ1) is 21.1. The first-order valence-corrected chi connectivity index (χ1v) is 14.8. The Morgan fingerprint density at radius 1 is 1.09 bits per heavy atom. The van der Waals surface area contributed by atoms with E-state index in [-0.39, 0.29) is 24.8 Å². The van der Waals surface area contributed by atoms with Gasteiger partial charge in [0.2, 0.25) is 5.91 Å². The van der Waals surface area contributed by atoms with Crippen LogP contribution in [0, 0.1) is 0 Å². The van der Waals surface area contributed by atoms with Crippen LogP contribution in [0.5, 0.6) is 5.75 Å². The van der Waals surface area contributed by atoms with Crippen molar-refractivity contribution in [3.63, 3.8) is 0 Å². The highest BCUT2D eigenvalue weighted by molar-refractivity contribution is 6.00. The number of ether oxygens (including phenoxy) is 1. The van der Waals surface area contributed by atoms with Crippen molar-refractivity contribution >= 4 is 29.7 Å². The number of carbonyl (C=O) groups is 3. The zero-order valence-corrected chi connectivity index (χ0v) is 25.9. The van der Waals surface area contributed by atoms with Crippen molar-refractivity contribution in [2.24, 2.45) is 0 Å². The van der Waals surface area contributed by atoms with Crippen molar-refractivity contribution in [1.82, 2.24) is 10.6 Å². The predicted octanol–water partition coefficient (Wildman–Crippen LogP) is 4.18. The van der Waals surface area contributed by atoms with Crippen LogP contribution in [-0.4, -0.2) is 67.4 Å². The number of hydrogen-bond acceptors (Lipinski definition) is 7. The summed E-state index contributed by atoms with van der Waals surface area (Å²) in [7, 11) is 1.64. The number of carboxylic acid groups (broad SMARTS) is 1. The van der Waals surface area contributed by atoms with E-state index in [1.165, 1.54) is 0 Å². The Hall–Kier alpha value is -4.41. The molecule has 2 atom stereocenters. The molecule has 3 aromatic rings. The molecule has 5 N–H and O–H groups in total. The predicted molar refractivity (Wildman–Crippen MR) is 172 cm³/mol. The van der Waals surface area contributed by atoms with E-state index in [2.05, 4.69) is 16.0 Å². The molecule has 1 saturated heterocycles. The Kier molecular flexibility index (Phi) is 12.7. The third-order valence-corrected chi connectivity index (χ3v) is 7.57. The van der Waals surface area contributed by atoms with Crippen LogP contribution in [0.15, 0.2) is 72.8 Å². The first-order valence-electron chi connectivity index (χ1n) is 14.8. The Morgan fingerprint density at radius 3 is 2.45 bits per heavy atom. The minimum absolute atomic E-state index is 0.0621. The summed E-state index contributed by atoms with van der Waals surface area (Å²) >= 11 is 0. The van der Waals surface area contributed by atoms with Crippen LogP contribution in [0.1, 0.15) is 55.1 Å². The normalized spacial score (nSPS) is 14.2. The van der Waals surface area contributed by atoms with Crippen molar-refractivity contribution in [2.45, 2.75) is 57.7 Å². The van der Waals surface area contributed by atoms with Gasteiger partial charge in [-0.2, -0.15) is 0 Å². The van der Waals surface area contributed by atoms with E-state index in [0.717, 1.165) is 29.0 Å². The van der Waals surface area contributed by atoms with Gasteiger partial charge in [-0.25, -0.2) is 0 Å². The standard InChI is InChI=1S/C33H42N4O4.CH2O2/c1-5-34-26-18-24(19-27(21-26)37-16-10-15-31(37)39)32(40)36-29(17-23-11-7-6-8-12-23)30(38)22-35-33(2,3)25-13-9-14-28(20-25)41-4;2-1-3/h6-9,11-14,18-21,29-30,34-35,38H,5,10,15-17,22H2,1-4H3,(H,36,40);1H,(H,2,3). The monoisotopic (exact) mass is 604 g/mol. The number of aliphatic hydroxyl groups is 1. The van der Waals surface area contributed by atoms with Gasteiger partial charge >= 0.3 is 0 Å². The average Bonchev–Trinajstić information content (AvgIpc) is 3.46. The SMILES string of the molecule is CCNc1cc(C(=O)NC(Cc2ccccc2)C(O)CNC(C)(C)c2cccc(OC)c2)cc(N2CCCC2=O)c1.O=CO. The molecule has 44 heavy (non-hydrogen) atoms. The second-order valence-electron chi connectivity index (χ2n) is 11.1. The van der Waals surface area contributed by atoms with Crippen LogP contribution in [0.4, 0.5) is 11.4 Å². The van der Waals surface area contributed by atoms with Crippen LogP contribution in [0.2, 0.25) is 0 Å². The Bertz CT molecular complexity index is 1380. The van der Waals surface area contributed by atoms with E-state index in [9.17, 15) is 14.7 Å². The summed E-state index contributed by atoms with van der Waals surface area (Å²) in [6.07, 6.45) is 0.896. The molecule has 10 nitrogen and oxygen atoms in total. The van der Waals surface area contributed by atoms with Gasteiger partial charge in [0.1, 0.15) is 5.75 Å². The number of rotatable bonds is 13. The smallest absolute Gasteiger partial charge is 0.290 e. The third kappa shape index (κ3) is 9.55. The lowest BCUT2D eigenvalue weighted by atomic mass is 9.93. The van der Waals surface area contributed by atoms with Gasteiger partial charge in [0.05, 0.1) is 19.3 Å². The first kappa shape index (κ1) is 34.1. The second-order valence-corrected chi connectivity index (χ2v) is 11.1. The van der Waals surface area contributed by atoms with E-state index in [1.54, 1.807) is 24.1 Å². The van der Waals surface area contributed by atoms with Gasteiger partial charge in [-0.15, -0.1) is 0 Å². The minimum atomic E-state index is -0.874. The highest BCUT2D eigenvalue weighted by atomic mass is 16.5. The molecule has 1 aliphatic rings. The molecule has 0 saturated carbocycles. The number of methoxy groups -OCH3 is 1. The van der Waals surface area contributed by atoms with Gasteiger partial charge in [0.15, 0.2) is 0 Å². The van der Waals surface area contributed by atoms with Crippen LogP contribution < -0.4 is 25.6 Å². The quantitative estimate of drug-likeness (QED) is 0.183. The molecule has 0 spiro atoms. The van der Waals surface area contributed by atoms with Gasteiger partial charge in [0, 0.05) is 48.5 Å². The molecule has 0 aromatic heterocycles. The summed E-state index contributed by atoms with van der Waals surface area (Å²) in [5.74, 6) is 0.527. The molecule has 236 valence electrons. The molecule has 3 aromatic carbocycles. The molecular weight excluding hydrogens is 560 g/mol. The zero-order chi connectivity index (χ0) is 32.1. The summed E-state index contributed by atoms with van der Waals surface area (Å²) in [6, 6.07) is 22.6. The summed E-state index contributed by atoms with van der Waals surface area (Å²) in [4.78, 5) is 36.2. The van der Waals surface area contributed by atoms with Crippen molar-refractivity contribution in [3.8, 4) is 5.75 Å². The fourth-order valence-corrected chi connectivity index (χ4v) is 5.14. The fraction of sp³-hybridized carbons (Fsp3) is 0.382. The van der Waals surface area contributed by atoms with E-state index in [1.807, 2.05) is 81.4 Å². The number of nitrogens with one attached hydrogen (secondary N) is 3. The maximum absolute atomic E-state index is 13.7. The topological polar surface area (TPSA) is 140 Å². The van der Waals surface area contributed by atoms with Crippen molar-refractivity contribution in [2.75, 3.05) is 37.0 Å². The Morgan fingerprint density at radius 2 is 1.82 bits per heavy atom. The molecule has 1 aliphatic heterocycles. The maximum atomic E-state index is 13.7. The number of aliphatic hydroxyl groups excluding tert-OH is 1. The molecule has 1 heterocycles. The Balaban J connectivity index is 0.00000169. The van der Waals surface area contributed by atoms with Crippen LogP contribution in [-0.2, 0) is 21.5 Å². The number of hydrogen-bond donors (Lipinski definition) is 5. The molecule has 2 unspecified atom stereocenters. The summed E-state index contributed by atoms with van der Waals surface area (Å²) in [6.45, 7) is 7.41. The van der Waals surface area contributed by atoms with Gasteiger partial charge in [-0.05, 0) is 75.1 Å². The van der Waals surface area contributed by atoms with Crippen molar-refractivity contribution < 1.29 is 29.3 Å². The van der Waals surface area contributed by atoms with Gasteiger partial charge in [-0.3, -0.25) is 14.4 Å². The molecule has 0 aliphatic carbocycles. The number of benzene rings is 3. The molecule has 0 radical (unpaired) electrons. The minimum Gasteiger partial charge on any atom is -0.497 e. The summed E-state index contributed by atoms with van der Waals surface area (Å²) < 4.78 is 5.39. The summed E-state index contributed by atoms with van der Waals surface area (Å²) in [5, 5.41) is 28.1. The summed E-state index contributed by atoms with van der Waals surface area (Å²) in [5.41, 5.74) is 3.50. The van der Waals surface area contributed by atoms with E-state index < -0.39 is 17.7 Å². The lowest BCUT2D eigenvalue weighted by Gasteiger charge is -2.31. The highest BCUT2D eigenvalue weighted by Gasteiger charge is 2.28. The number of amides is 2. The van der Waals surface area contributed by atoms with Gasteiger partial charge in [-0.1, -0.05) is 42.5 Å². The van der Waals surface area contributed by atoms with E-state index in [4.69, 9.17) is 14.6 Å². The number of anilines is 2. The molecule has 0 bridgehead atoms. The largest absolute Gasteiger partial charge is 0.497 e. The van der Waals surface area contributed by atoms with E-state index >= 15 is 0 Å². The molecule has 1 fully saturated rings. The lowest BCUT2D eigenvalue weighted by Crippen LogP contribution is -2.51. The van der Waals surface area contributed by atoms with Crippen LogP contribution in [0.3, 0.4) is 0 Å². The number of carbonyl (C=O) groups excluding carboxylic acids is 2. The molecule has 2 amide bonds. The number of nitrogens with zero attached hydrogens (tertiary/aromatic N) is 1. The molecule has 4 rings (SSSR count). The third-order valence-electron chi connectivity index (χ3n) is 7.57. The van der Waals surface area contributed by atoms with E-state index in [0.29, 0.717) is 37.2 Å².